The van der Waals surface area contributed by atoms with Gasteiger partial charge in [0.2, 0.25) is 0 Å². The van der Waals surface area contributed by atoms with E-state index in [-0.39, 0.29) is 11.9 Å². The number of benzene rings is 3. The van der Waals surface area contributed by atoms with Gasteiger partial charge in [-0.25, -0.2) is 0 Å². The zero-order valence-electron chi connectivity index (χ0n) is 15.5. The van der Waals surface area contributed by atoms with Crippen LogP contribution >= 0.6 is 0 Å². The van der Waals surface area contributed by atoms with Crippen molar-refractivity contribution in [1.82, 2.24) is 0 Å². The molecular weight excluding hydrogens is 332 g/mol. The number of anilines is 2. The average Bonchev–Trinajstić information content (AvgIpc) is 3.01. The van der Waals surface area contributed by atoms with Crippen molar-refractivity contribution < 1.29 is 4.79 Å². The molecular formula is C24H22N2O. The third-order valence-corrected chi connectivity index (χ3v) is 4.84. The van der Waals surface area contributed by atoms with Gasteiger partial charge in [0, 0.05) is 11.4 Å². The Bertz CT molecular complexity index is 973. The molecule has 1 heterocycles. The van der Waals surface area contributed by atoms with E-state index < -0.39 is 0 Å². The van der Waals surface area contributed by atoms with Crippen LogP contribution in [-0.4, -0.2) is 5.91 Å². The molecule has 1 aliphatic rings. The van der Waals surface area contributed by atoms with E-state index in [1.807, 2.05) is 91.6 Å². The molecule has 0 radical (unpaired) electrons. The van der Waals surface area contributed by atoms with Crippen molar-refractivity contribution in [2.45, 2.75) is 19.9 Å². The molecule has 0 aliphatic carbocycles. The molecule has 1 aliphatic heterocycles. The standard InChI is InChI=1S/C24H22N2O/c1-17-8-12-20(13-9-17)25-22-16-23(19-6-4-3-5-7-19)26(24(22)27)21-14-10-18(2)11-15-21/h3-16,23,25H,1-2H3/t23-/m1/s1. The monoisotopic (exact) mass is 354 g/mol. The van der Waals surface area contributed by atoms with Crippen LogP contribution in [0.25, 0.3) is 0 Å². The molecule has 3 nitrogen and oxygen atoms in total. The van der Waals surface area contributed by atoms with Crippen LogP contribution in [0.15, 0.2) is 90.6 Å². The van der Waals surface area contributed by atoms with Crippen LogP contribution in [0.5, 0.6) is 0 Å². The highest BCUT2D eigenvalue weighted by Crippen LogP contribution is 2.36. The molecule has 0 saturated heterocycles. The summed E-state index contributed by atoms with van der Waals surface area (Å²) in [6, 6.07) is 26.1. The maximum absolute atomic E-state index is 13.2. The summed E-state index contributed by atoms with van der Waals surface area (Å²) in [5.74, 6) is -0.0201. The highest BCUT2D eigenvalue weighted by Gasteiger charge is 2.34. The first-order chi connectivity index (χ1) is 13.1. The first-order valence-electron chi connectivity index (χ1n) is 9.12. The van der Waals surface area contributed by atoms with Gasteiger partial charge >= 0.3 is 0 Å². The second-order valence-electron chi connectivity index (χ2n) is 6.94. The number of hydrogen-bond acceptors (Lipinski definition) is 2. The molecule has 4 rings (SSSR count). The van der Waals surface area contributed by atoms with E-state index in [9.17, 15) is 4.79 Å². The fraction of sp³-hybridized carbons (Fsp3) is 0.125. The summed E-state index contributed by atoms with van der Waals surface area (Å²) in [6.07, 6.45) is 2.01. The van der Waals surface area contributed by atoms with E-state index in [0.29, 0.717) is 5.70 Å². The van der Waals surface area contributed by atoms with Gasteiger partial charge in [-0.05, 0) is 49.8 Å². The number of amides is 1. The maximum Gasteiger partial charge on any atom is 0.275 e. The molecule has 0 spiro atoms. The molecule has 27 heavy (non-hydrogen) atoms. The van der Waals surface area contributed by atoms with Crippen molar-refractivity contribution in [3.05, 3.63) is 107 Å². The fourth-order valence-corrected chi connectivity index (χ4v) is 3.33. The lowest BCUT2D eigenvalue weighted by molar-refractivity contribution is -0.114. The van der Waals surface area contributed by atoms with Gasteiger partial charge in [-0.1, -0.05) is 65.7 Å². The lowest BCUT2D eigenvalue weighted by atomic mass is 10.1. The number of aryl methyl sites for hydroxylation is 2. The van der Waals surface area contributed by atoms with Crippen LogP contribution < -0.4 is 10.2 Å². The zero-order valence-corrected chi connectivity index (χ0v) is 15.5. The third kappa shape index (κ3) is 3.49. The Kier molecular flexibility index (Phi) is 4.51. The molecule has 134 valence electrons. The number of carbonyl (C=O) groups excluding carboxylic acids is 1. The smallest absolute Gasteiger partial charge is 0.275 e. The Morgan fingerprint density at radius 1 is 0.778 bits per heavy atom. The number of rotatable bonds is 4. The molecule has 0 bridgehead atoms. The van der Waals surface area contributed by atoms with Crippen molar-refractivity contribution in [2.75, 3.05) is 10.2 Å². The topological polar surface area (TPSA) is 32.3 Å². The van der Waals surface area contributed by atoms with E-state index in [1.54, 1.807) is 0 Å². The summed E-state index contributed by atoms with van der Waals surface area (Å²) in [5, 5.41) is 3.30. The lowest BCUT2D eigenvalue weighted by Gasteiger charge is -2.25. The minimum Gasteiger partial charge on any atom is -0.351 e. The summed E-state index contributed by atoms with van der Waals surface area (Å²) >= 11 is 0. The van der Waals surface area contributed by atoms with Gasteiger partial charge in [-0.15, -0.1) is 0 Å². The molecule has 1 N–H and O–H groups in total. The first-order valence-corrected chi connectivity index (χ1v) is 9.12. The zero-order chi connectivity index (χ0) is 18.8. The van der Waals surface area contributed by atoms with Gasteiger partial charge in [0.1, 0.15) is 5.70 Å². The molecule has 1 atom stereocenters. The molecule has 3 aromatic carbocycles. The lowest BCUT2D eigenvalue weighted by Crippen LogP contribution is -2.30. The summed E-state index contributed by atoms with van der Waals surface area (Å²) in [6.45, 7) is 4.10. The Hall–Kier alpha value is -3.33. The van der Waals surface area contributed by atoms with Crippen LogP contribution in [-0.2, 0) is 4.79 Å². The van der Waals surface area contributed by atoms with Crippen LogP contribution in [0.1, 0.15) is 22.7 Å². The van der Waals surface area contributed by atoms with E-state index in [4.69, 9.17) is 0 Å². The molecule has 0 fully saturated rings. The molecule has 0 aromatic heterocycles. The molecule has 3 aromatic rings. The van der Waals surface area contributed by atoms with Crippen molar-refractivity contribution in [2.24, 2.45) is 0 Å². The second-order valence-corrected chi connectivity index (χ2v) is 6.94. The van der Waals surface area contributed by atoms with E-state index in [1.165, 1.54) is 11.1 Å². The molecule has 0 saturated carbocycles. The minimum absolute atomic E-state index is 0.0201. The predicted molar refractivity (Wildman–Crippen MR) is 111 cm³/mol. The predicted octanol–water partition coefficient (Wildman–Crippen LogP) is 5.39. The van der Waals surface area contributed by atoms with Gasteiger partial charge in [0.05, 0.1) is 6.04 Å². The highest BCUT2D eigenvalue weighted by atomic mass is 16.2. The van der Waals surface area contributed by atoms with Gasteiger partial charge in [0.25, 0.3) is 5.91 Å². The normalized spacial score (nSPS) is 16.4. The Morgan fingerprint density at radius 3 is 2.00 bits per heavy atom. The average molecular weight is 354 g/mol. The van der Waals surface area contributed by atoms with Crippen LogP contribution in [0.4, 0.5) is 11.4 Å². The van der Waals surface area contributed by atoms with Crippen molar-refractivity contribution in [3.8, 4) is 0 Å². The van der Waals surface area contributed by atoms with Crippen molar-refractivity contribution in [3.63, 3.8) is 0 Å². The van der Waals surface area contributed by atoms with Gasteiger partial charge in [-0.2, -0.15) is 0 Å². The summed E-state index contributed by atoms with van der Waals surface area (Å²) in [4.78, 5) is 15.1. The summed E-state index contributed by atoms with van der Waals surface area (Å²) in [5.41, 5.74) is 5.87. The number of nitrogens with zero attached hydrogens (tertiary/aromatic N) is 1. The van der Waals surface area contributed by atoms with E-state index in [0.717, 1.165) is 16.9 Å². The van der Waals surface area contributed by atoms with Crippen LogP contribution in [0.3, 0.4) is 0 Å². The third-order valence-electron chi connectivity index (χ3n) is 4.84. The Balaban J connectivity index is 1.71. The Labute approximate surface area is 160 Å². The van der Waals surface area contributed by atoms with Crippen LogP contribution in [0, 0.1) is 13.8 Å². The maximum atomic E-state index is 13.2. The summed E-state index contributed by atoms with van der Waals surface area (Å²) in [7, 11) is 0. The highest BCUT2D eigenvalue weighted by molar-refractivity contribution is 6.11. The van der Waals surface area contributed by atoms with Crippen molar-refractivity contribution >= 4 is 17.3 Å². The number of hydrogen-bond donors (Lipinski definition) is 1. The van der Waals surface area contributed by atoms with Gasteiger partial charge in [-0.3, -0.25) is 9.69 Å². The second kappa shape index (κ2) is 7.12. The van der Waals surface area contributed by atoms with Gasteiger partial charge in [0.15, 0.2) is 0 Å². The number of nitrogens with one attached hydrogen (secondary N) is 1. The molecule has 1 amide bonds. The number of carbonyl (C=O) groups is 1. The molecule has 0 unspecified atom stereocenters. The first kappa shape index (κ1) is 17.1. The van der Waals surface area contributed by atoms with Crippen molar-refractivity contribution in [1.29, 1.82) is 0 Å². The minimum atomic E-state index is -0.130. The fourth-order valence-electron chi connectivity index (χ4n) is 3.33. The van der Waals surface area contributed by atoms with E-state index in [2.05, 4.69) is 17.4 Å². The van der Waals surface area contributed by atoms with E-state index >= 15 is 0 Å². The SMILES string of the molecule is Cc1ccc(NC2=C[C@H](c3ccccc3)N(c3ccc(C)cc3)C2=O)cc1. The van der Waals surface area contributed by atoms with Crippen LogP contribution in [0.2, 0.25) is 0 Å². The summed E-state index contributed by atoms with van der Waals surface area (Å²) < 4.78 is 0. The molecule has 3 heteroatoms. The Morgan fingerprint density at radius 2 is 1.37 bits per heavy atom. The van der Waals surface area contributed by atoms with Gasteiger partial charge < -0.3 is 5.32 Å². The largest absolute Gasteiger partial charge is 0.351 e. The quantitative estimate of drug-likeness (QED) is 0.681.